The summed E-state index contributed by atoms with van der Waals surface area (Å²) in [6.45, 7) is 0.380. The summed E-state index contributed by atoms with van der Waals surface area (Å²) in [7, 11) is 4.60. The fourth-order valence-electron chi connectivity index (χ4n) is 1.52. The summed E-state index contributed by atoms with van der Waals surface area (Å²) < 4.78 is 15.6. The molecule has 0 unspecified atom stereocenters. The molecule has 0 bridgehead atoms. The predicted molar refractivity (Wildman–Crippen MR) is 71.4 cm³/mol. The zero-order chi connectivity index (χ0) is 14.3. The van der Waals surface area contributed by atoms with Crippen molar-refractivity contribution in [3.05, 3.63) is 24.3 Å². The Bertz CT molecular complexity index is 445. The Hall–Kier alpha value is -2.37. The molecule has 0 aliphatic heterocycles. The van der Waals surface area contributed by atoms with E-state index >= 15 is 0 Å². The van der Waals surface area contributed by atoms with Crippen LogP contribution in [0.3, 0.4) is 0 Å². The van der Waals surface area contributed by atoms with Crippen LogP contribution in [0.2, 0.25) is 0 Å². The maximum Gasteiger partial charge on any atom is 0.328 e. The van der Waals surface area contributed by atoms with Gasteiger partial charge >= 0.3 is 5.97 Å². The van der Waals surface area contributed by atoms with Gasteiger partial charge in [-0.25, -0.2) is 4.79 Å². The van der Waals surface area contributed by atoms with Crippen molar-refractivity contribution in [3.8, 4) is 17.2 Å². The van der Waals surface area contributed by atoms with Crippen molar-refractivity contribution < 1.29 is 24.1 Å². The van der Waals surface area contributed by atoms with Gasteiger partial charge in [-0.05, 0) is 0 Å². The Morgan fingerprint density at radius 3 is 2.21 bits per heavy atom. The van der Waals surface area contributed by atoms with Gasteiger partial charge in [-0.3, -0.25) is 0 Å². The van der Waals surface area contributed by atoms with Gasteiger partial charge in [0.25, 0.3) is 0 Å². The molecule has 6 nitrogen and oxygen atoms in total. The molecule has 0 aromatic heterocycles. The summed E-state index contributed by atoms with van der Waals surface area (Å²) in [5, 5.41) is 11.5. The van der Waals surface area contributed by atoms with E-state index in [2.05, 4.69) is 5.32 Å². The van der Waals surface area contributed by atoms with Crippen LogP contribution in [0.15, 0.2) is 24.3 Å². The largest absolute Gasteiger partial charge is 0.493 e. The number of aliphatic carboxylic acids is 1. The van der Waals surface area contributed by atoms with E-state index in [9.17, 15) is 4.79 Å². The first-order chi connectivity index (χ1) is 9.12. The van der Waals surface area contributed by atoms with Crippen LogP contribution in [0.4, 0.5) is 5.69 Å². The Labute approximate surface area is 111 Å². The van der Waals surface area contributed by atoms with E-state index in [1.165, 1.54) is 27.4 Å². The molecule has 0 aliphatic rings. The van der Waals surface area contributed by atoms with E-state index in [1.807, 2.05) is 0 Å². The van der Waals surface area contributed by atoms with Crippen LogP contribution in [-0.4, -0.2) is 38.9 Å². The monoisotopic (exact) mass is 267 g/mol. The molecule has 1 aromatic carbocycles. The van der Waals surface area contributed by atoms with Gasteiger partial charge in [-0.15, -0.1) is 0 Å². The number of methoxy groups -OCH3 is 3. The fourth-order valence-corrected chi connectivity index (χ4v) is 1.52. The summed E-state index contributed by atoms with van der Waals surface area (Å²) >= 11 is 0. The van der Waals surface area contributed by atoms with Gasteiger partial charge in [0.15, 0.2) is 11.5 Å². The summed E-state index contributed by atoms with van der Waals surface area (Å²) in [5.74, 6) is 0.599. The molecule has 0 fully saturated rings. The highest BCUT2D eigenvalue weighted by Crippen LogP contribution is 2.39. The van der Waals surface area contributed by atoms with Gasteiger partial charge in [0.1, 0.15) is 0 Å². The number of hydrogen-bond acceptors (Lipinski definition) is 5. The van der Waals surface area contributed by atoms with Crippen LogP contribution in [0.5, 0.6) is 17.2 Å². The maximum atomic E-state index is 10.3. The minimum absolute atomic E-state index is 0.380. The lowest BCUT2D eigenvalue weighted by Crippen LogP contribution is -2.02. The first-order valence-electron chi connectivity index (χ1n) is 5.55. The van der Waals surface area contributed by atoms with Crippen LogP contribution >= 0.6 is 0 Å². The van der Waals surface area contributed by atoms with Crippen molar-refractivity contribution in [2.45, 2.75) is 0 Å². The zero-order valence-electron chi connectivity index (χ0n) is 11.1. The second-order valence-corrected chi connectivity index (χ2v) is 3.54. The molecule has 0 saturated heterocycles. The number of hydrogen-bond donors (Lipinski definition) is 2. The number of ether oxygens (including phenoxy) is 3. The Kier molecular flexibility index (Phi) is 5.53. The SMILES string of the molecule is COc1cc(NC/C=C/C(=O)O)cc(OC)c1OC. The molecule has 104 valence electrons. The summed E-state index contributed by atoms with van der Waals surface area (Å²) in [6.07, 6.45) is 2.58. The topological polar surface area (TPSA) is 77.0 Å². The lowest BCUT2D eigenvalue weighted by atomic mass is 10.2. The predicted octanol–water partition coefficient (Wildman–Crippen LogP) is 1.77. The number of benzene rings is 1. The van der Waals surface area contributed by atoms with Gasteiger partial charge < -0.3 is 24.6 Å². The summed E-state index contributed by atoms with van der Waals surface area (Å²) in [4.78, 5) is 10.3. The number of carboxylic acids is 1. The van der Waals surface area contributed by atoms with Crippen molar-refractivity contribution in [1.82, 2.24) is 0 Å². The first kappa shape index (κ1) is 14.7. The summed E-state index contributed by atoms with van der Waals surface area (Å²) in [5.41, 5.74) is 0.740. The standard InChI is InChI=1S/C13H17NO5/c1-17-10-7-9(14-6-4-5-12(15)16)8-11(18-2)13(10)19-3/h4-5,7-8,14H,6H2,1-3H3,(H,15,16)/b5-4+. The van der Waals surface area contributed by atoms with Crippen LogP contribution < -0.4 is 19.5 Å². The molecule has 0 heterocycles. The maximum absolute atomic E-state index is 10.3. The highest BCUT2D eigenvalue weighted by atomic mass is 16.5. The number of carboxylic acid groups (broad SMARTS) is 1. The van der Waals surface area contributed by atoms with Gasteiger partial charge in [0.05, 0.1) is 21.3 Å². The van der Waals surface area contributed by atoms with E-state index in [-0.39, 0.29) is 0 Å². The second kappa shape index (κ2) is 7.15. The highest BCUT2D eigenvalue weighted by Gasteiger charge is 2.12. The summed E-state index contributed by atoms with van der Waals surface area (Å²) in [6, 6.07) is 3.49. The van der Waals surface area contributed by atoms with E-state index < -0.39 is 5.97 Å². The van der Waals surface area contributed by atoms with Gasteiger partial charge in [0.2, 0.25) is 5.75 Å². The second-order valence-electron chi connectivity index (χ2n) is 3.54. The minimum Gasteiger partial charge on any atom is -0.493 e. The van der Waals surface area contributed by atoms with Gasteiger partial charge in [-0.1, -0.05) is 6.08 Å². The van der Waals surface area contributed by atoms with Crippen LogP contribution in [-0.2, 0) is 4.79 Å². The molecule has 1 rings (SSSR count). The third-order valence-electron chi connectivity index (χ3n) is 2.35. The van der Waals surface area contributed by atoms with E-state index in [1.54, 1.807) is 12.1 Å². The van der Waals surface area contributed by atoms with Crippen molar-refractivity contribution in [2.75, 3.05) is 33.2 Å². The average molecular weight is 267 g/mol. The smallest absolute Gasteiger partial charge is 0.328 e. The molecule has 0 saturated carbocycles. The Balaban J connectivity index is 2.87. The van der Waals surface area contributed by atoms with Crippen LogP contribution in [0.1, 0.15) is 0 Å². The molecular weight excluding hydrogens is 250 g/mol. The fraction of sp³-hybridized carbons (Fsp3) is 0.308. The first-order valence-corrected chi connectivity index (χ1v) is 5.55. The molecule has 0 spiro atoms. The van der Waals surface area contributed by atoms with Gasteiger partial charge in [0, 0.05) is 30.4 Å². The quantitative estimate of drug-likeness (QED) is 0.733. The zero-order valence-corrected chi connectivity index (χ0v) is 11.1. The lowest BCUT2D eigenvalue weighted by Gasteiger charge is -2.14. The van der Waals surface area contributed by atoms with Crippen molar-refractivity contribution >= 4 is 11.7 Å². The van der Waals surface area contributed by atoms with Crippen molar-refractivity contribution in [1.29, 1.82) is 0 Å². The lowest BCUT2D eigenvalue weighted by molar-refractivity contribution is -0.131. The third kappa shape index (κ3) is 4.09. The average Bonchev–Trinajstić information content (AvgIpc) is 2.42. The molecule has 1 aromatic rings. The molecule has 0 aliphatic carbocycles. The molecular formula is C13H17NO5. The van der Waals surface area contributed by atoms with E-state index in [4.69, 9.17) is 19.3 Å². The molecule has 19 heavy (non-hydrogen) atoms. The number of rotatable bonds is 7. The number of carbonyl (C=O) groups is 1. The molecule has 0 amide bonds. The van der Waals surface area contributed by atoms with Crippen LogP contribution in [0.25, 0.3) is 0 Å². The third-order valence-corrected chi connectivity index (χ3v) is 2.35. The van der Waals surface area contributed by atoms with E-state index in [0.29, 0.717) is 23.8 Å². The number of anilines is 1. The molecule has 0 radical (unpaired) electrons. The Morgan fingerprint density at radius 2 is 1.79 bits per heavy atom. The number of nitrogens with one attached hydrogen (secondary N) is 1. The molecule has 6 heteroatoms. The molecule has 0 atom stereocenters. The van der Waals surface area contributed by atoms with Gasteiger partial charge in [-0.2, -0.15) is 0 Å². The van der Waals surface area contributed by atoms with Crippen molar-refractivity contribution in [2.24, 2.45) is 0 Å². The highest BCUT2D eigenvalue weighted by molar-refractivity contribution is 5.79. The minimum atomic E-state index is -0.980. The molecule has 2 N–H and O–H groups in total. The van der Waals surface area contributed by atoms with Crippen LogP contribution in [0, 0.1) is 0 Å². The van der Waals surface area contributed by atoms with Crippen molar-refractivity contribution in [3.63, 3.8) is 0 Å². The Morgan fingerprint density at radius 1 is 1.21 bits per heavy atom. The van der Waals surface area contributed by atoms with E-state index in [0.717, 1.165) is 11.8 Å². The normalized spacial score (nSPS) is 10.3.